The lowest BCUT2D eigenvalue weighted by molar-refractivity contribution is -0.137. The first kappa shape index (κ1) is 15.4. The second-order valence-corrected chi connectivity index (χ2v) is 7.10. The van der Waals surface area contributed by atoms with Gasteiger partial charge in [-0.1, -0.05) is 12.1 Å². The van der Waals surface area contributed by atoms with Gasteiger partial charge in [0.25, 0.3) is 0 Å². The molecular weight excluding hydrogens is 292 g/mol. The molecule has 3 heterocycles. The van der Waals surface area contributed by atoms with Crippen LogP contribution in [0.1, 0.15) is 18.4 Å². The molecule has 0 amide bonds. The summed E-state index contributed by atoms with van der Waals surface area (Å²) in [5.74, 6) is 0. The molecular formula is C18H26N2O3. The van der Waals surface area contributed by atoms with Gasteiger partial charge >= 0.3 is 0 Å². The van der Waals surface area contributed by atoms with Gasteiger partial charge in [0.15, 0.2) is 0 Å². The fourth-order valence-electron chi connectivity index (χ4n) is 4.18. The van der Waals surface area contributed by atoms with Gasteiger partial charge in [0.2, 0.25) is 0 Å². The molecule has 2 bridgehead atoms. The number of likely N-dealkylation sites (N-methyl/N-ethyl adjacent to an activating group) is 1. The monoisotopic (exact) mass is 318 g/mol. The summed E-state index contributed by atoms with van der Waals surface area (Å²) in [7, 11) is 2.15. The van der Waals surface area contributed by atoms with Gasteiger partial charge in [0.1, 0.15) is 0 Å². The second kappa shape index (κ2) is 6.06. The minimum atomic E-state index is -0.727. The van der Waals surface area contributed by atoms with Crippen LogP contribution in [0.3, 0.4) is 0 Å². The third-order valence-electron chi connectivity index (χ3n) is 5.70. The highest BCUT2D eigenvalue weighted by molar-refractivity contribution is 5.49. The number of hydrogen-bond donors (Lipinski definition) is 1. The standard InChI is InChI=1S/C18H26N2O3/c1-19-16-10-18(21,11-17(19)13-23-12-16)14-2-4-15(5-3-14)20-6-8-22-9-7-20/h2-5,16-17,21H,6-13H2,1H3. The zero-order valence-electron chi connectivity index (χ0n) is 13.8. The topological polar surface area (TPSA) is 45.2 Å². The Hall–Kier alpha value is -1.14. The molecule has 126 valence electrons. The molecule has 3 saturated heterocycles. The molecule has 0 radical (unpaired) electrons. The molecule has 2 unspecified atom stereocenters. The van der Waals surface area contributed by atoms with E-state index in [2.05, 4.69) is 41.1 Å². The van der Waals surface area contributed by atoms with E-state index in [1.807, 2.05) is 0 Å². The van der Waals surface area contributed by atoms with Crippen molar-refractivity contribution in [2.75, 3.05) is 51.5 Å². The van der Waals surface area contributed by atoms with E-state index < -0.39 is 5.60 Å². The molecule has 2 atom stereocenters. The summed E-state index contributed by atoms with van der Waals surface area (Å²) in [4.78, 5) is 4.72. The number of ether oxygens (including phenoxy) is 2. The molecule has 1 aromatic carbocycles. The Morgan fingerprint density at radius 1 is 1.00 bits per heavy atom. The number of anilines is 1. The summed E-state index contributed by atoms with van der Waals surface area (Å²) in [5, 5.41) is 11.3. The molecule has 5 heteroatoms. The van der Waals surface area contributed by atoms with Crippen LogP contribution in [0.2, 0.25) is 0 Å². The summed E-state index contributed by atoms with van der Waals surface area (Å²) < 4.78 is 11.1. The van der Waals surface area contributed by atoms with Gasteiger partial charge in [0.05, 0.1) is 32.0 Å². The minimum absolute atomic E-state index is 0.311. The molecule has 4 rings (SSSR count). The Kier molecular flexibility index (Phi) is 4.05. The van der Waals surface area contributed by atoms with E-state index in [4.69, 9.17) is 9.47 Å². The Labute approximate surface area is 137 Å². The third kappa shape index (κ3) is 2.87. The van der Waals surface area contributed by atoms with Crippen LogP contribution < -0.4 is 4.90 Å². The summed E-state index contributed by atoms with van der Waals surface area (Å²) in [6.45, 7) is 4.91. The van der Waals surface area contributed by atoms with Crippen molar-refractivity contribution in [3.63, 3.8) is 0 Å². The number of morpholine rings is 2. The maximum atomic E-state index is 11.3. The maximum absolute atomic E-state index is 11.3. The lowest BCUT2D eigenvalue weighted by atomic mass is 9.77. The molecule has 3 fully saturated rings. The van der Waals surface area contributed by atoms with E-state index in [1.165, 1.54) is 5.69 Å². The van der Waals surface area contributed by atoms with Crippen molar-refractivity contribution >= 4 is 5.69 Å². The minimum Gasteiger partial charge on any atom is -0.385 e. The smallest absolute Gasteiger partial charge is 0.0928 e. The fraction of sp³-hybridized carbons (Fsp3) is 0.667. The van der Waals surface area contributed by atoms with E-state index in [9.17, 15) is 5.11 Å². The van der Waals surface area contributed by atoms with Gasteiger partial charge in [-0.15, -0.1) is 0 Å². The third-order valence-corrected chi connectivity index (χ3v) is 5.70. The van der Waals surface area contributed by atoms with Crippen LogP contribution in [-0.2, 0) is 15.1 Å². The van der Waals surface area contributed by atoms with Crippen LogP contribution in [-0.4, -0.2) is 68.7 Å². The first-order valence-corrected chi connectivity index (χ1v) is 8.61. The quantitative estimate of drug-likeness (QED) is 0.888. The van der Waals surface area contributed by atoms with Crippen molar-refractivity contribution in [3.05, 3.63) is 29.8 Å². The molecule has 0 saturated carbocycles. The van der Waals surface area contributed by atoms with Gasteiger partial charge in [-0.25, -0.2) is 0 Å². The molecule has 3 aliphatic rings. The fourth-order valence-corrected chi connectivity index (χ4v) is 4.18. The lowest BCUT2D eigenvalue weighted by Gasteiger charge is -2.50. The molecule has 0 spiro atoms. The number of fused-ring (bicyclic) bond motifs is 2. The van der Waals surface area contributed by atoms with Crippen molar-refractivity contribution in [2.24, 2.45) is 0 Å². The molecule has 0 aromatic heterocycles. The Morgan fingerprint density at radius 3 is 2.22 bits per heavy atom. The van der Waals surface area contributed by atoms with Crippen LogP contribution in [0.25, 0.3) is 0 Å². The van der Waals surface area contributed by atoms with E-state index in [-0.39, 0.29) is 0 Å². The molecule has 3 aliphatic heterocycles. The molecule has 1 N–H and O–H groups in total. The van der Waals surface area contributed by atoms with Gasteiger partial charge in [-0.05, 0) is 37.6 Å². The van der Waals surface area contributed by atoms with E-state index in [1.54, 1.807) is 0 Å². The van der Waals surface area contributed by atoms with Gasteiger partial charge in [-0.3, -0.25) is 4.90 Å². The number of piperidine rings is 1. The second-order valence-electron chi connectivity index (χ2n) is 7.10. The number of hydrogen-bond acceptors (Lipinski definition) is 5. The number of benzene rings is 1. The van der Waals surface area contributed by atoms with Crippen molar-refractivity contribution < 1.29 is 14.6 Å². The first-order chi connectivity index (χ1) is 11.2. The van der Waals surface area contributed by atoms with Crippen molar-refractivity contribution in [1.29, 1.82) is 0 Å². The highest BCUT2D eigenvalue weighted by atomic mass is 16.5. The zero-order chi connectivity index (χ0) is 15.9. The number of aliphatic hydroxyl groups is 1. The Balaban J connectivity index is 1.53. The summed E-state index contributed by atoms with van der Waals surface area (Å²) in [6, 6.07) is 9.11. The van der Waals surface area contributed by atoms with Crippen LogP contribution in [0.5, 0.6) is 0 Å². The summed E-state index contributed by atoms with van der Waals surface area (Å²) in [5.41, 5.74) is 1.53. The Morgan fingerprint density at radius 2 is 1.61 bits per heavy atom. The van der Waals surface area contributed by atoms with Crippen LogP contribution in [0.15, 0.2) is 24.3 Å². The Bertz CT molecular complexity index is 528. The van der Waals surface area contributed by atoms with Crippen LogP contribution in [0, 0.1) is 0 Å². The average molecular weight is 318 g/mol. The largest absolute Gasteiger partial charge is 0.385 e. The normalized spacial score (nSPS) is 35.3. The SMILES string of the molecule is CN1C2COCC1CC(O)(c1ccc(N3CCOCC3)cc1)C2. The predicted molar refractivity (Wildman–Crippen MR) is 88.8 cm³/mol. The van der Waals surface area contributed by atoms with Gasteiger partial charge < -0.3 is 19.5 Å². The van der Waals surface area contributed by atoms with Crippen molar-refractivity contribution in [3.8, 4) is 0 Å². The highest BCUT2D eigenvalue weighted by Gasteiger charge is 2.45. The average Bonchev–Trinajstić information content (AvgIpc) is 2.57. The van der Waals surface area contributed by atoms with Gasteiger partial charge in [0, 0.05) is 30.9 Å². The molecule has 1 aromatic rings. The maximum Gasteiger partial charge on any atom is 0.0928 e. The molecule has 0 aliphatic carbocycles. The van der Waals surface area contributed by atoms with Gasteiger partial charge in [-0.2, -0.15) is 0 Å². The van der Waals surface area contributed by atoms with E-state index >= 15 is 0 Å². The summed E-state index contributed by atoms with van der Waals surface area (Å²) >= 11 is 0. The number of rotatable bonds is 2. The van der Waals surface area contributed by atoms with Crippen molar-refractivity contribution in [2.45, 2.75) is 30.5 Å². The number of nitrogens with zero attached hydrogens (tertiary/aromatic N) is 2. The van der Waals surface area contributed by atoms with Crippen LogP contribution in [0.4, 0.5) is 5.69 Å². The van der Waals surface area contributed by atoms with Crippen molar-refractivity contribution in [1.82, 2.24) is 4.90 Å². The highest BCUT2D eigenvalue weighted by Crippen LogP contribution is 2.40. The predicted octanol–water partition coefficient (Wildman–Crippen LogP) is 1.20. The lowest BCUT2D eigenvalue weighted by Crippen LogP contribution is -2.59. The zero-order valence-corrected chi connectivity index (χ0v) is 13.8. The van der Waals surface area contributed by atoms with Crippen LogP contribution >= 0.6 is 0 Å². The van der Waals surface area contributed by atoms with E-state index in [0.717, 1.165) is 57.9 Å². The van der Waals surface area contributed by atoms with E-state index in [0.29, 0.717) is 12.1 Å². The summed E-state index contributed by atoms with van der Waals surface area (Å²) in [6.07, 6.45) is 1.49. The first-order valence-electron chi connectivity index (χ1n) is 8.61. The molecule has 5 nitrogen and oxygen atoms in total. The molecule has 23 heavy (non-hydrogen) atoms.